The predicted molar refractivity (Wildman–Crippen MR) is 78.5 cm³/mol. The number of hydrogen-bond acceptors (Lipinski definition) is 7. The van der Waals surface area contributed by atoms with Crippen molar-refractivity contribution in [3.8, 4) is 0 Å². The van der Waals surface area contributed by atoms with Gasteiger partial charge in [-0.25, -0.2) is 18.0 Å². The summed E-state index contributed by atoms with van der Waals surface area (Å²) in [5, 5.41) is 0. The second kappa shape index (κ2) is 6.89. The van der Waals surface area contributed by atoms with Gasteiger partial charge in [-0.15, -0.1) is 0 Å². The van der Waals surface area contributed by atoms with Crippen LogP contribution in [0.25, 0.3) is 0 Å². The molecule has 0 spiro atoms. The van der Waals surface area contributed by atoms with Crippen molar-refractivity contribution in [2.24, 2.45) is 5.73 Å². The van der Waals surface area contributed by atoms with E-state index in [9.17, 15) is 18.0 Å². The molecule has 1 aromatic rings. The first-order valence-electron chi connectivity index (χ1n) is 6.66. The summed E-state index contributed by atoms with van der Waals surface area (Å²) in [5.74, 6) is -2.73. The molecule has 122 valence electrons. The summed E-state index contributed by atoms with van der Waals surface area (Å²) in [5.41, 5.74) is 6.48. The molecule has 22 heavy (non-hydrogen) atoms. The summed E-state index contributed by atoms with van der Waals surface area (Å²) < 4.78 is 34.7. The Morgan fingerprint density at radius 1 is 1.05 bits per heavy atom. The van der Waals surface area contributed by atoms with Gasteiger partial charge in [-0.3, -0.25) is 5.73 Å². The molecule has 0 aliphatic carbocycles. The first-order valence-corrected chi connectivity index (χ1v) is 8.14. The van der Waals surface area contributed by atoms with E-state index >= 15 is 0 Å². The Morgan fingerprint density at radius 2 is 1.45 bits per heavy atom. The van der Waals surface area contributed by atoms with Crippen LogP contribution in [0.2, 0.25) is 0 Å². The van der Waals surface area contributed by atoms with Crippen molar-refractivity contribution in [3.63, 3.8) is 0 Å². The van der Waals surface area contributed by atoms with Crippen molar-refractivity contribution in [1.82, 2.24) is 0 Å². The zero-order chi connectivity index (χ0) is 17.0. The van der Waals surface area contributed by atoms with E-state index < -0.39 is 26.6 Å². The lowest BCUT2D eigenvalue weighted by atomic mass is 10.2. The zero-order valence-corrected chi connectivity index (χ0v) is 13.5. The second-order valence-electron chi connectivity index (χ2n) is 4.49. The lowest BCUT2D eigenvalue weighted by molar-refractivity contribution is -0.158. The molecular weight excluding hydrogens is 310 g/mol. The number of carbonyl (C=O) groups excluding carboxylic acids is 2. The number of rotatable bonds is 6. The van der Waals surface area contributed by atoms with Gasteiger partial charge in [0, 0.05) is 0 Å². The number of aryl methyl sites for hydroxylation is 1. The van der Waals surface area contributed by atoms with Crippen LogP contribution in [0, 0.1) is 6.92 Å². The summed E-state index contributed by atoms with van der Waals surface area (Å²) >= 11 is 0. The third kappa shape index (κ3) is 3.12. The van der Waals surface area contributed by atoms with Crippen LogP contribution >= 0.6 is 0 Å². The Kier molecular flexibility index (Phi) is 5.67. The Balaban J connectivity index is 3.45. The molecule has 7 nitrogen and oxygen atoms in total. The average molecular weight is 329 g/mol. The van der Waals surface area contributed by atoms with Crippen LogP contribution in [-0.2, 0) is 28.9 Å². The topological polar surface area (TPSA) is 113 Å². The van der Waals surface area contributed by atoms with E-state index in [-0.39, 0.29) is 18.1 Å². The van der Waals surface area contributed by atoms with Crippen molar-refractivity contribution >= 4 is 21.8 Å². The number of ether oxygens (including phenoxy) is 2. The van der Waals surface area contributed by atoms with Gasteiger partial charge >= 0.3 is 16.8 Å². The van der Waals surface area contributed by atoms with Crippen LogP contribution in [0.15, 0.2) is 29.2 Å². The fourth-order valence-corrected chi connectivity index (χ4v) is 3.11. The van der Waals surface area contributed by atoms with E-state index in [0.29, 0.717) is 0 Å². The summed E-state index contributed by atoms with van der Waals surface area (Å²) in [6, 6.07) is 5.60. The zero-order valence-electron chi connectivity index (χ0n) is 12.7. The van der Waals surface area contributed by atoms with Crippen LogP contribution in [0.5, 0.6) is 0 Å². The minimum Gasteiger partial charge on any atom is -0.463 e. The lowest BCUT2D eigenvalue weighted by Crippen LogP contribution is -2.62. The first kappa shape index (κ1) is 18.1. The van der Waals surface area contributed by atoms with Crippen LogP contribution in [-0.4, -0.2) is 38.4 Å². The highest BCUT2D eigenvalue weighted by Crippen LogP contribution is 2.25. The Morgan fingerprint density at radius 3 is 1.82 bits per heavy atom. The minimum absolute atomic E-state index is 0.124. The van der Waals surface area contributed by atoms with Crippen molar-refractivity contribution in [2.45, 2.75) is 30.5 Å². The maximum Gasteiger partial charge on any atom is 0.354 e. The fourth-order valence-electron chi connectivity index (χ4n) is 1.68. The minimum atomic E-state index is -4.53. The Labute approximate surface area is 129 Å². The molecule has 0 bridgehead atoms. The van der Waals surface area contributed by atoms with Gasteiger partial charge in [-0.05, 0) is 32.9 Å². The van der Waals surface area contributed by atoms with Gasteiger partial charge < -0.3 is 9.47 Å². The number of benzene rings is 1. The van der Waals surface area contributed by atoms with E-state index in [1.165, 1.54) is 38.1 Å². The molecule has 0 aromatic heterocycles. The maximum absolute atomic E-state index is 12.7. The number of esters is 2. The maximum atomic E-state index is 12.7. The van der Waals surface area contributed by atoms with Crippen molar-refractivity contribution in [3.05, 3.63) is 29.8 Å². The molecule has 0 heterocycles. The molecule has 8 heteroatoms. The third-order valence-electron chi connectivity index (χ3n) is 2.91. The first-order chi connectivity index (χ1) is 10.2. The Hall–Kier alpha value is -1.93. The van der Waals surface area contributed by atoms with Crippen molar-refractivity contribution in [2.75, 3.05) is 13.2 Å². The molecule has 0 fully saturated rings. The van der Waals surface area contributed by atoms with Crippen LogP contribution in [0.3, 0.4) is 0 Å². The highest BCUT2D eigenvalue weighted by Gasteiger charge is 2.57. The van der Waals surface area contributed by atoms with Gasteiger partial charge in [0.15, 0.2) is 0 Å². The third-order valence-corrected chi connectivity index (χ3v) is 4.99. The van der Waals surface area contributed by atoms with Gasteiger partial charge in [0.25, 0.3) is 0 Å². The molecule has 0 amide bonds. The number of nitrogens with two attached hydrogens (primary N) is 1. The molecule has 0 aliphatic heterocycles. The number of sulfone groups is 1. The highest BCUT2D eigenvalue weighted by atomic mass is 32.2. The van der Waals surface area contributed by atoms with Gasteiger partial charge in [-0.1, -0.05) is 17.7 Å². The highest BCUT2D eigenvalue weighted by molar-refractivity contribution is 7.94. The normalized spacial score (nSPS) is 11.8. The quantitative estimate of drug-likeness (QED) is 0.599. The van der Waals surface area contributed by atoms with E-state index in [1.54, 1.807) is 6.92 Å². The monoisotopic (exact) mass is 329 g/mol. The van der Waals surface area contributed by atoms with Crippen LogP contribution in [0.4, 0.5) is 0 Å². The van der Waals surface area contributed by atoms with E-state index in [0.717, 1.165) is 5.56 Å². The smallest absolute Gasteiger partial charge is 0.354 e. The summed E-state index contributed by atoms with van der Waals surface area (Å²) in [7, 11) is -4.53. The summed E-state index contributed by atoms with van der Waals surface area (Å²) in [4.78, 5) is 20.9. The standard InChI is InChI=1S/C14H19NO6S/c1-4-20-12(16)14(15,13(17)21-5-2)22(18,19)11-8-6-10(3)7-9-11/h6-9H,4-5,15H2,1-3H3. The Bertz CT molecular complexity index is 632. The van der Waals surface area contributed by atoms with Gasteiger partial charge in [0.05, 0.1) is 18.1 Å². The van der Waals surface area contributed by atoms with E-state index in [1.807, 2.05) is 0 Å². The molecule has 0 radical (unpaired) electrons. The molecule has 0 saturated carbocycles. The molecule has 0 aliphatic rings. The summed E-state index contributed by atoms with van der Waals surface area (Å²) in [6.07, 6.45) is 0. The van der Waals surface area contributed by atoms with Gasteiger partial charge in [-0.2, -0.15) is 0 Å². The molecule has 0 saturated heterocycles. The fraction of sp³-hybridized carbons (Fsp3) is 0.429. The average Bonchev–Trinajstić information content (AvgIpc) is 2.47. The lowest BCUT2D eigenvalue weighted by Gasteiger charge is -2.24. The van der Waals surface area contributed by atoms with Crippen molar-refractivity contribution < 1.29 is 27.5 Å². The summed E-state index contributed by atoms with van der Waals surface area (Å²) in [6.45, 7) is 4.47. The SMILES string of the molecule is CCOC(=O)C(N)(C(=O)OCC)S(=O)(=O)c1ccc(C)cc1. The van der Waals surface area contributed by atoms with Crippen LogP contribution in [0.1, 0.15) is 19.4 Å². The largest absolute Gasteiger partial charge is 0.463 e. The molecule has 0 unspecified atom stereocenters. The molecule has 0 atom stereocenters. The molecule has 1 aromatic carbocycles. The number of hydrogen-bond donors (Lipinski definition) is 1. The molecular formula is C14H19NO6S. The predicted octanol–water partition coefficient (Wildman–Crippen LogP) is 0.550. The van der Waals surface area contributed by atoms with Gasteiger partial charge in [0.1, 0.15) is 0 Å². The van der Waals surface area contributed by atoms with Crippen molar-refractivity contribution in [1.29, 1.82) is 0 Å². The van der Waals surface area contributed by atoms with E-state index in [2.05, 4.69) is 9.47 Å². The van der Waals surface area contributed by atoms with E-state index in [4.69, 9.17) is 5.73 Å². The molecule has 2 N–H and O–H groups in total. The number of carbonyl (C=O) groups is 2. The molecule has 1 rings (SSSR count). The second-order valence-corrected chi connectivity index (χ2v) is 6.62. The van der Waals surface area contributed by atoms with Gasteiger partial charge in [0.2, 0.25) is 9.84 Å². The van der Waals surface area contributed by atoms with Crippen LogP contribution < -0.4 is 5.73 Å².